The fraction of sp³-hybridized carbons (Fsp3) is 0.667. The summed E-state index contributed by atoms with van der Waals surface area (Å²) < 4.78 is 38.0. The van der Waals surface area contributed by atoms with E-state index < -0.39 is 36.5 Å². The van der Waals surface area contributed by atoms with Gasteiger partial charge in [-0.05, 0) is 11.8 Å². The molecular formula is C12H15F3N4O3. The van der Waals surface area contributed by atoms with Crippen molar-refractivity contribution >= 4 is 11.9 Å². The van der Waals surface area contributed by atoms with Crippen molar-refractivity contribution in [1.29, 1.82) is 0 Å². The molecule has 0 bridgehead atoms. The zero-order valence-corrected chi connectivity index (χ0v) is 12.0. The van der Waals surface area contributed by atoms with Gasteiger partial charge in [-0.2, -0.15) is 13.2 Å². The lowest BCUT2D eigenvalue weighted by Gasteiger charge is -2.22. The number of hydrogen-bond donors (Lipinski definition) is 1. The number of halogens is 3. The molecule has 0 aliphatic carbocycles. The molecule has 1 aromatic heterocycles. The van der Waals surface area contributed by atoms with Crippen LogP contribution in [0.5, 0.6) is 0 Å². The normalized spacial score (nSPS) is 21.1. The third-order valence-corrected chi connectivity index (χ3v) is 3.41. The molecule has 1 aliphatic heterocycles. The topological polar surface area (TPSA) is 88.3 Å². The van der Waals surface area contributed by atoms with E-state index in [-0.39, 0.29) is 12.0 Å². The monoisotopic (exact) mass is 320 g/mol. The van der Waals surface area contributed by atoms with E-state index in [1.54, 1.807) is 0 Å². The van der Waals surface area contributed by atoms with Gasteiger partial charge in [0, 0.05) is 6.54 Å². The van der Waals surface area contributed by atoms with Crippen LogP contribution >= 0.6 is 0 Å². The smallest absolute Gasteiger partial charge is 0.453 e. The SMILES string of the molecule is CC1(C)CC(C(=O)O)N(C(=O)Cn2cnc(C(F)(F)F)n2)C1. The number of carbonyl (C=O) groups is 2. The molecule has 0 spiro atoms. The predicted molar refractivity (Wildman–Crippen MR) is 66.6 cm³/mol. The zero-order valence-electron chi connectivity index (χ0n) is 12.0. The van der Waals surface area contributed by atoms with E-state index in [4.69, 9.17) is 5.11 Å². The Balaban J connectivity index is 2.11. The number of aromatic nitrogens is 3. The summed E-state index contributed by atoms with van der Waals surface area (Å²) in [7, 11) is 0. The first-order valence-electron chi connectivity index (χ1n) is 6.48. The maximum Gasteiger partial charge on any atom is 0.453 e. The Bertz CT molecular complexity index is 597. The standard InChI is InChI=1S/C12H15F3N4O3/c1-11(2)3-7(9(21)22)19(5-11)8(20)4-18-6-16-10(17-18)12(13,14)15/h6-7H,3-5H2,1-2H3,(H,21,22). The summed E-state index contributed by atoms with van der Waals surface area (Å²) in [5.41, 5.74) is -0.363. The summed E-state index contributed by atoms with van der Waals surface area (Å²) in [4.78, 5) is 27.6. The van der Waals surface area contributed by atoms with E-state index in [1.165, 1.54) is 0 Å². The van der Waals surface area contributed by atoms with E-state index in [0.29, 0.717) is 6.42 Å². The summed E-state index contributed by atoms with van der Waals surface area (Å²) in [5.74, 6) is -3.07. The second-order valence-electron chi connectivity index (χ2n) is 6.01. The molecule has 2 rings (SSSR count). The van der Waals surface area contributed by atoms with Crippen LogP contribution in [0.2, 0.25) is 0 Å². The van der Waals surface area contributed by atoms with Crippen molar-refractivity contribution in [3.63, 3.8) is 0 Å². The first-order valence-corrected chi connectivity index (χ1v) is 6.48. The molecule has 7 nitrogen and oxygen atoms in total. The van der Waals surface area contributed by atoms with Crippen molar-refractivity contribution in [2.45, 2.75) is 39.0 Å². The number of amides is 1. The molecule has 1 fully saturated rings. The van der Waals surface area contributed by atoms with Crippen molar-refractivity contribution in [1.82, 2.24) is 19.7 Å². The number of carbonyl (C=O) groups excluding carboxylic acids is 1. The summed E-state index contributed by atoms with van der Waals surface area (Å²) in [6, 6.07) is -0.979. The number of carboxylic acids is 1. The molecule has 122 valence electrons. The maximum atomic E-state index is 12.4. The highest BCUT2D eigenvalue weighted by Crippen LogP contribution is 2.34. The van der Waals surface area contributed by atoms with E-state index in [2.05, 4.69) is 10.1 Å². The Labute approximate surface area is 123 Å². The Morgan fingerprint density at radius 3 is 2.59 bits per heavy atom. The highest BCUT2D eigenvalue weighted by molar-refractivity contribution is 5.84. The molecule has 0 saturated carbocycles. The van der Waals surface area contributed by atoms with Gasteiger partial charge in [0.2, 0.25) is 5.91 Å². The average Bonchev–Trinajstić information content (AvgIpc) is 2.92. The first kappa shape index (κ1) is 16.2. The third-order valence-electron chi connectivity index (χ3n) is 3.41. The van der Waals surface area contributed by atoms with Gasteiger partial charge in [0.05, 0.1) is 0 Å². The van der Waals surface area contributed by atoms with Crippen molar-refractivity contribution in [2.24, 2.45) is 5.41 Å². The van der Waals surface area contributed by atoms with E-state index >= 15 is 0 Å². The molecule has 10 heteroatoms. The quantitative estimate of drug-likeness (QED) is 0.898. The molecule has 0 radical (unpaired) electrons. The molecule has 1 amide bonds. The van der Waals surface area contributed by atoms with Crippen LogP contribution in [0.25, 0.3) is 0 Å². The summed E-state index contributed by atoms with van der Waals surface area (Å²) in [5, 5.41) is 12.3. The van der Waals surface area contributed by atoms with Crippen LogP contribution in [0, 0.1) is 5.41 Å². The molecule has 22 heavy (non-hydrogen) atoms. The number of carboxylic acid groups (broad SMARTS) is 1. The van der Waals surface area contributed by atoms with Crippen molar-refractivity contribution in [2.75, 3.05) is 6.54 Å². The number of aliphatic carboxylic acids is 1. The van der Waals surface area contributed by atoms with E-state index in [9.17, 15) is 22.8 Å². The van der Waals surface area contributed by atoms with Crippen molar-refractivity contribution in [3.8, 4) is 0 Å². The molecule has 1 unspecified atom stereocenters. The maximum absolute atomic E-state index is 12.4. The minimum absolute atomic E-state index is 0.226. The van der Waals surface area contributed by atoms with Gasteiger partial charge < -0.3 is 10.0 Å². The van der Waals surface area contributed by atoms with Gasteiger partial charge in [0.25, 0.3) is 5.82 Å². The number of alkyl halides is 3. The number of rotatable bonds is 3. The minimum Gasteiger partial charge on any atom is -0.480 e. The highest BCUT2D eigenvalue weighted by Gasteiger charge is 2.44. The Hall–Kier alpha value is -2.13. The van der Waals surface area contributed by atoms with Gasteiger partial charge in [-0.15, -0.1) is 5.10 Å². The van der Waals surface area contributed by atoms with Gasteiger partial charge in [-0.1, -0.05) is 13.8 Å². The van der Waals surface area contributed by atoms with Gasteiger partial charge >= 0.3 is 12.1 Å². The molecular weight excluding hydrogens is 305 g/mol. The lowest BCUT2D eigenvalue weighted by Crippen LogP contribution is -2.42. The average molecular weight is 320 g/mol. The molecule has 0 aromatic carbocycles. The van der Waals surface area contributed by atoms with E-state index in [0.717, 1.165) is 15.9 Å². The van der Waals surface area contributed by atoms with Crippen LogP contribution in [-0.4, -0.2) is 49.2 Å². The van der Waals surface area contributed by atoms with Gasteiger partial charge in [0.15, 0.2) is 0 Å². The lowest BCUT2D eigenvalue weighted by atomic mass is 9.91. The van der Waals surface area contributed by atoms with Gasteiger partial charge in [0.1, 0.15) is 18.9 Å². The molecule has 1 saturated heterocycles. The van der Waals surface area contributed by atoms with Crippen LogP contribution in [0.4, 0.5) is 13.2 Å². The fourth-order valence-corrected chi connectivity index (χ4v) is 2.48. The first-order chi connectivity index (χ1) is 9.99. The lowest BCUT2D eigenvalue weighted by molar-refractivity contribution is -0.148. The summed E-state index contributed by atoms with van der Waals surface area (Å²) in [6.07, 6.45) is -3.59. The minimum atomic E-state index is -4.69. The van der Waals surface area contributed by atoms with Crippen LogP contribution in [0.3, 0.4) is 0 Å². The largest absolute Gasteiger partial charge is 0.480 e. The molecule has 1 N–H and O–H groups in total. The Morgan fingerprint density at radius 1 is 1.45 bits per heavy atom. The van der Waals surface area contributed by atoms with Crippen LogP contribution in [-0.2, 0) is 22.3 Å². The van der Waals surface area contributed by atoms with Crippen molar-refractivity contribution < 1.29 is 27.9 Å². The highest BCUT2D eigenvalue weighted by atomic mass is 19.4. The predicted octanol–water partition coefficient (Wildman–Crippen LogP) is 1.01. The number of hydrogen-bond acceptors (Lipinski definition) is 4. The van der Waals surface area contributed by atoms with Gasteiger partial charge in [-0.3, -0.25) is 4.79 Å². The zero-order chi connectivity index (χ0) is 16.7. The number of likely N-dealkylation sites (tertiary alicyclic amines) is 1. The molecule has 1 atom stereocenters. The van der Waals surface area contributed by atoms with Crippen molar-refractivity contribution in [3.05, 3.63) is 12.2 Å². The van der Waals surface area contributed by atoms with E-state index in [1.807, 2.05) is 13.8 Å². The third kappa shape index (κ3) is 3.37. The molecule has 1 aromatic rings. The van der Waals surface area contributed by atoms with Crippen LogP contribution in [0.1, 0.15) is 26.1 Å². The fourth-order valence-electron chi connectivity index (χ4n) is 2.48. The summed E-state index contributed by atoms with van der Waals surface area (Å²) in [6.45, 7) is 3.40. The Morgan fingerprint density at radius 2 is 2.09 bits per heavy atom. The second kappa shape index (κ2) is 5.25. The van der Waals surface area contributed by atoms with Crippen LogP contribution < -0.4 is 0 Å². The summed E-state index contributed by atoms with van der Waals surface area (Å²) >= 11 is 0. The molecule has 2 heterocycles. The van der Waals surface area contributed by atoms with Crippen LogP contribution in [0.15, 0.2) is 6.33 Å². The number of nitrogens with zero attached hydrogens (tertiary/aromatic N) is 4. The molecule has 1 aliphatic rings. The van der Waals surface area contributed by atoms with Gasteiger partial charge in [-0.25, -0.2) is 14.5 Å². The Kier molecular flexibility index (Phi) is 3.88. The second-order valence-corrected chi connectivity index (χ2v) is 6.01.